The lowest BCUT2D eigenvalue weighted by molar-refractivity contribution is -0.134. The Balaban J connectivity index is 1.45. The second-order valence-electron chi connectivity index (χ2n) is 9.36. The zero-order chi connectivity index (χ0) is 22.8. The van der Waals surface area contributed by atoms with Gasteiger partial charge in [-0.25, -0.2) is 10.0 Å². The molecule has 174 valence electrons. The smallest absolute Gasteiger partial charge is 0.231 e. The van der Waals surface area contributed by atoms with E-state index in [1.165, 1.54) is 17.7 Å². The van der Waals surface area contributed by atoms with Crippen molar-refractivity contribution in [1.29, 1.82) is 0 Å². The number of halogens is 1. The summed E-state index contributed by atoms with van der Waals surface area (Å²) in [4.78, 5) is 22.8. The maximum atomic E-state index is 13.6. The van der Waals surface area contributed by atoms with Crippen molar-refractivity contribution in [2.45, 2.75) is 45.6 Å². The Morgan fingerprint density at radius 2 is 1.94 bits per heavy atom. The van der Waals surface area contributed by atoms with Gasteiger partial charge in [0.25, 0.3) is 0 Å². The van der Waals surface area contributed by atoms with Crippen LogP contribution in [-0.2, 0) is 4.79 Å². The summed E-state index contributed by atoms with van der Waals surface area (Å²) in [6, 6.07) is 7.72. The fraction of sp³-hybridized carbons (Fsp3) is 0.583. The Hall–Kier alpha value is -2.09. The predicted octanol–water partition coefficient (Wildman–Crippen LogP) is 2.80. The molecule has 1 amide bonds. The van der Waals surface area contributed by atoms with Crippen LogP contribution in [0.25, 0.3) is 0 Å². The molecular formula is C24H35ClN6O. The van der Waals surface area contributed by atoms with Gasteiger partial charge in [0.15, 0.2) is 0 Å². The summed E-state index contributed by atoms with van der Waals surface area (Å²) in [5.41, 5.74) is 3.70. The quantitative estimate of drug-likeness (QED) is 0.524. The Labute approximate surface area is 196 Å². The van der Waals surface area contributed by atoms with Gasteiger partial charge in [-0.2, -0.15) is 0 Å². The number of carbonyl (C=O) groups excluding carboxylic acids is 1. The van der Waals surface area contributed by atoms with Crippen molar-refractivity contribution in [3.63, 3.8) is 0 Å². The van der Waals surface area contributed by atoms with E-state index in [4.69, 9.17) is 22.4 Å². The summed E-state index contributed by atoms with van der Waals surface area (Å²) in [6.45, 7) is 10.5. The van der Waals surface area contributed by atoms with Gasteiger partial charge in [-0.3, -0.25) is 10.6 Å². The monoisotopic (exact) mass is 458 g/mol. The number of amides is 1. The van der Waals surface area contributed by atoms with E-state index in [0.717, 1.165) is 30.9 Å². The molecule has 1 saturated heterocycles. The second kappa shape index (κ2) is 9.81. The number of piperazine rings is 1. The van der Waals surface area contributed by atoms with Gasteiger partial charge in [0, 0.05) is 55.1 Å². The average molecular weight is 459 g/mol. The first-order valence-electron chi connectivity index (χ1n) is 11.7. The Morgan fingerprint density at radius 1 is 1.25 bits per heavy atom. The summed E-state index contributed by atoms with van der Waals surface area (Å²) in [5, 5.41) is 5.86. The minimum Gasteiger partial charge on any atom is -0.369 e. The lowest BCUT2D eigenvalue weighted by Gasteiger charge is -2.40. The highest BCUT2D eigenvalue weighted by molar-refractivity contribution is 6.30. The van der Waals surface area contributed by atoms with Crippen molar-refractivity contribution >= 4 is 23.3 Å². The highest BCUT2D eigenvalue weighted by Crippen LogP contribution is 2.34. The molecule has 0 spiro atoms. The second-order valence-corrected chi connectivity index (χ2v) is 9.79. The lowest BCUT2D eigenvalue weighted by Crippen LogP contribution is -2.54. The zero-order valence-corrected chi connectivity index (χ0v) is 20.1. The molecule has 1 aromatic carbocycles. The van der Waals surface area contributed by atoms with E-state index in [9.17, 15) is 4.79 Å². The molecule has 32 heavy (non-hydrogen) atoms. The molecular weight excluding hydrogens is 424 g/mol. The van der Waals surface area contributed by atoms with Crippen LogP contribution in [0.5, 0.6) is 0 Å². The maximum Gasteiger partial charge on any atom is 0.231 e. The van der Waals surface area contributed by atoms with Crippen LogP contribution < -0.4 is 11.2 Å². The summed E-state index contributed by atoms with van der Waals surface area (Å²) in [7, 11) is 0. The first kappa shape index (κ1) is 23.1. The van der Waals surface area contributed by atoms with Gasteiger partial charge in [0.2, 0.25) is 5.91 Å². The number of rotatable bonds is 5. The van der Waals surface area contributed by atoms with E-state index in [1.54, 1.807) is 5.01 Å². The molecule has 0 aromatic heterocycles. The van der Waals surface area contributed by atoms with Gasteiger partial charge in [-0.1, -0.05) is 30.7 Å². The summed E-state index contributed by atoms with van der Waals surface area (Å²) >= 11 is 6.08. The summed E-state index contributed by atoms with van der Waals surface area (Å²) in [5.74, 6) is 7.73. The van der Waals surface area contributed by atoms with Crippen LogP contribution in [0.4, 0.5) is 0 Å². The van der Waals surface area contributed by atoms with Crippen molar-refractivity contribution in [3.05, 3.63) is 46.1 Å². The van der Waals surface area contributed by atoms with Gasteiger partial charge < -0.3 is 15.1 Å². The van der Waals surface area contributed by atoms with Crippen LogP contribution in [0.15, 0.2) is 40.5 Å². The SMILES string of the molecule is CC(C)N(N)C[C@@H](C(=O)N1CCN(C2=NCNC3=C2[C@H](C)CC3)CC1)c1ccc(Cl)cc1. The predicted molar refractivity (Wildman–Crippen MR) is 129 cm³/mol. The number of benzene rings is 1. The van der Waals surface area contributed by atoms with E-state index < -0.39 is 0 Å². The average Bonchev–Trinajstić information content (AvgIpc) is 3.18. The molecule has 3 N–H and O–H groups in total. The molecule has 1 aliphatic carbocycles. The molecule has 4 rings (SSSR count). The van der Waals surface area contributed by atoms with Crippen LogP contribution in [0.3, 0.4) is 0 Å². The minimum absolute atomic E-state index is 0.129. The standard InChI is InChI=1S/C24H35ClN6O/c1-16(2)31(26)14-20(18-5-7-19(25)8-6-18)24(32)30-12-10-29(11-13-30)23-22-17(3)4-9-21(22)27-15-28-23/h5-8,16-17,20,27H,4,9-15,26H2,1-3H3/t17-,20-/m1/s1. The minimum atomic E-state index is -0.313. The molecule has 7 nitrogen and oxygen atoms in total. The summed E-state index contributed by atoms with van der Waals surface area (Å²) < 4.78 is 0. The van der Waals surface area contributed by atoms with Crippen LogP contribution in [0.1, 0.15) is 45.1 Å². The number of nitrogens with two attached hydrogens (primary N) is 1. The number of aliphatic imine (C=N–C) groups is 1. The molecule has 0 radical (unpaired) electrons. The molecule has 0 saturated carbocycles. The summed E-state index contributed by atoms with van der Waals surface area (Å²) in [6.07, 6.45) is 2.30. The first-order valence-corrected chi connectivity index (χ1v) is 12.0. The van der Waals surface area contributed by atoms with E-state index in [0.29, 0.717) is 37.2 Å². The molecule has 3 aliphatic rings. The molecule has 0 unspecified atom stereocenters. The topological polar surface area (TPSA) is 77.2 Å². The Bertz CT molecular complexity index is 888. The van der Waals surface area contributed by atoms with Crippen molar-refractivity contribution < 1.29 is 4.79 Å². The number of hydrazine groups is 1. The normalized spacial score (nSPS) is 22.2. The van der Waals surface area contributed by atoms with Crippen LogP contribution >= 0.6 is 11.6 Å². The number of amidine groups is 1. The molecule has 1 aromatic rings. The molecule has 2 heterocycles. The molecule has 0 bridgehead atoms. The van der Waals surface area contributed by atoms with Gasteiger partial charge in [0.1, 0.15) is 12.5 Å². The maximum absolute atomic E-state index is 13.6. The number of hydrogen-bond donors (Lipinski definition) is 2. The Kier molecular flexibility index (Phi) is 7.08. The largest absolute Gasteiger partial charge is 0.369 e. The Morgan fingerprint density at radius 3 is 2.59 bits per heavy atom. The first-order chi connectivity index (χ1) is 15.3. The van der Waals surface area contributed by atoms with E-state index in [-0.39, 0.29) is 17.9 Å². The highest BCUT2D eigenvalue weighted by Gasteiger charge is 2.34. The van der Waals surface area contributed by atoms with Crippen LogP contribution in [0, 0.1) is 5.92 Å². The number of nitrogens with one attached hydrogen (secondary N) is 1. The fourth-order valence-electron chi connectivity index (χ4n) is 4.84. The zero-order valence-electron chi connectivity index (χ0n) is 19.4. The number of hydrogen-bond acceptors (Lipinski definition) is 6. The van der Waals surface area contributed by atoms with E-state index in [2.05, 4.69) is 17.1 Å². The molecule has 1 fully saturated rings. The van der Waals surface area contributed by atoms with Crippen LogP contribution in [-0.4, -0.2) is 72.0 Å². The van der Waals surface area contributed by atoms with E-state index >= 15 is 0 Å². The number of allylic oxidation sites excluding steroid dienone is 1. The van der Waals surface area contributed by atoms with Crippen molar-refractivity contribution in [2.24, 2.45) is 16.8 Å². The molecule has 2 aliphatic heterocycles. The third kappa shape index (κ3) is 4.80. The molecule has 8 heteroatoms. The fourth-order valence-corrected chi connectivity index (χ4v) is 4.97. The molecule has 2 atom stereocenters. The van der Waals surface area contributed by atoms with Crippen molar-refractivity contribution in [3.8, 4) is 0 Å². The number of carbonyl (C=O) groups is 1. The lowest BCUT2D eigenvalue weighted by atomic mass is 9.96. The highest BCUT2D eigenvalue weighted by atomic mass is 35.5. The van der Waals surface area contributed by atoms with Crippen LogP contribution in [0.2, 0.25) is 5.02 Å². The van der Waals surface area contributed by atoms with Gasteiger partial charge in [-0.05, 0) is 50.3 Å². The van der Waals surface area contributed by atoms with Crippen molar-refractivity contribution in [2.75, 3.05) is 39.4 Å². The van der Waals surface area contributed by atoms with Gasteiger partial charge >= 0.3 is 0 Å². The third-order valence-electron chi connectivity index (χ3n) is 6.93. The van der Waals surface area contributed by atoms with Gasteiger partial charge in [-0.15, -0.1) is 0 Å². The third-order valence-corrected chi connectivity index (χ3v) is 7.18. The van der Waals surface area contributed by atoms with Crippen molar-refractivity contribution in [1.82, 2.24) is 20.1 Å². The number of nitrogens with zero attached hydrogens (tertiary/aromatic N) is 4. The van der Waals surface area contributed by atoms with Gasteiger partial charge in [0.05, 0.1) is 5.92 Å². The van der Waals surface area contributed by atoms with E-state index in [1.807, 2.05) is 43.0 Å².